The van der Waals surface area contributed by atoms with Gasteiger partial charge in [-0.05, 0) is 31.5 Å². The van der Waals surface area contributed by atoms with Crippen LogP contribution in [0.1, 0.15) is 25.5 Å². The lowest BCUT2D eigenvalue weighted by atomic mass is 10.1. The third-order valence-corrected chi connectivity index (χ3v) is 4.62. The predicted molar refractivity (Wildman–Crippen MR) is 95.9 cm³/mol. The maximum atomic E-state index is 14.0. The molecule has 0 saturated heterocycles. The molecule has 1 aromatic heterocycles. The second-order valence-corrected chi connectivity index (χ2v) is 6.83. The average Bonchev–Trinajstić information content (AvgIpc) is 2.93. The van der Waals surface area contributed by atoms with E-state index < -0.39 is 17.8 Å². The van der Waals surface area contributed by atoms with Crippen LogP contribution >= 0.6 is 15.9 Å². The lowest BCUT2D eigenvalue weighted by Gasteiger charge is -2.33. The van der Waals surface area contributed by atoms with Gasteiger partial charge in [-0.2, -0.15) is 5.10 Å². The Labute approximate surface area is 153 Å². The highest BCUT2D eigenvalue weighted by atomic mass is 79.9. The van der Waals surface area contributed by atoms with Crippen molar-refractivity contribution in [2.75, 3.05) is 10.2 Å². The molecule has 8 heteroatoms. The second-order valence-electron chi connectivity index (χ2n) is 5.92. The summed E-state index contributed by atoms with van der Waals surface area (Å²) in [5.41, 5.74) is 0.865. The number of carbonyl (C=O) groups excluding carboxylic acids is 2. The number of carbonyl (C=O) groups is 2. The molecule has 2 aromatic rings. The van der Waals surface area contributed by atoms with Gasteiger partial charge in [0.15, 0.2) is 0 Å². The summed E-state index contributed by atoms with van der Waals surface area (Å²) in [6.45, 7) is 4.15. The molecule has 0 spiro atoms. The number of nitrogens with zero attached hydrogens (tertiary/aromatic N) is 3. The van der Waals surface area contributed by atoms with E-state index in [-0.39, 0.29) is 18.0 Å². The molecule has 6 nitrogen and oxygen atoms in total. The molecule has 25 heavy (non-hydrogen) atoms. The topological polar surface area (TPSA) is 67.2 Å². The molecule has 1 atom stereocenters. The Morgan fingerprint density at radius 2 is 2.20 bits per heavy atom. The van der Waals surface area contributed by atoms with E-state index in [2.05, 4.69) is 26.3 Å². The van der Waals surface area contributed by atoms with E-state index in [0.717, 1.165) is 5.69 Å². The van der Waals surface area contributed by atoms with Crippen LogP contribution in [0.5, 0.6) is 0 Å². The number of hydrogen-bond acceptors (Lipinski definition) is 3. The van der Waals surface area contributed by atoms with Crippen LogP contribution in [0.3, 0.4) is 0 Å². The van der Waals surface area contributed by atoms with Crippen molar-refractivity contribution >= 4 is 39.2 Å². The van der Waals surface area contributed by atoms with Gasteiger partial charge >= 0.3 is 0 Å². The van der Waals surface area contributed by atoms with Crippen molar-refractivity contribution in [3.8, 4) is 0 Å². The van der Waals surface area contributed by atoms with Crippen molar-refractivity contribution in [1.29, 1.82) is 0 Å². The number of anilines is 2. The first-order valence-electron chi connectivity index (χ1n) is 8.03. The monoisotopic (exact) mass is 408 g/mol. The molecule has 0 radical (unpaired) electrons. The number of halogens is 2. The molecule has 2 amide bonds. The lowest BCUT2D eigenvalue weighted by Crippen LogP contribution is -2.50. The van der Waals surface area contributed by atoms with Gasteiger partial charge < -0.3 is 5.32 Å². The summed E-state index contributed by atoms with van der Waals surface area (Å²) < 4.78 is 16.3. The standard InChI is InChI=1S/C17H18BrFN4O2/c1-3-14(17(25)20-13-5-4-11(18)9-12(13)19)23-15-8-10(2)21-22(15)7-6-16(23)24/h4-5,8-9,14H,3,6-7H2,1-2H3,(H,20,25)/t14-/m0/s1. The van der Waals surface area contributed by atoms with E-state index in [1.54, 1.807) is 16.8 Å². The zero-order chi connectivity index (χ0) is 18.1. The van der Waals surface area contributed by atoms with E-state index in [0.29, 0.717) is 23.3 Å². The van der Waals surface area contributed by atoms with Crippen molar-refractivity contribution in [2.45, 2.75) is 39.3 Å². The van der Waals surface area contributed by atoms with Crippen molar-refractivity contribution < 1.29 is 14.0 Å². The Hall–Kier alpha value is -2.22. The number of benzene rings is 1. The Morgan fingerprint density at radius 3 is 2.88 bits per heavy atom. The van der Waals surface area contributed by atoms with Gasteiger partial charge in [0.25, 0.3) is 0 Å². The molecule has 1 aliphatic rings. The number of hydrogen-bond donors (Lipinski definition) is 1. The van der Waals surface area contributed by atoms with Crippen LogP contribution in [0, 0.1) is 12.7 Å². The summed E-state index contributed by atoms with van der Waals surface area (Å²) >= 11 is 3.18. The van der Waals surface area contributed by atoms with E-state index in [4.69, 9.17) is 0 Å². The largest absolute Gasteiger partial charge is 0.322 e. The molecular formula is C17H18BrFN4O2. The van der Waals surface area contributed by atoms with Crippen LogP contribution in [-0.2, 0) is 16.1 Å². The fraction of sp³-hybridized carbons (Fsp3) is 0.353. The van der Waals surface area contributed by atoms with Crippen LogP contribution in [0.25, 0.3) is 0 Å². The van der Waals surface area contributed by atoms with Gasteiger partial charge in [0.1, 0.15) is 17.7 Å². The number of nitrogens with one attached hydrogen (secondary N) is 1. The van der Waals surface area contributed by atoms with Gasteiger partial charge in [-0.15, -0.1) is 0 Å². The fourth-order valence-electron chi connectivity index (χ4n) is 2.97. The lowest BCUT2D eigenvalue weighted by molar-refractivity contribution is -0.124. The molecule has 3 rings (SSSR count). The Kier molecular flexibility index (Phi) is 4.89. The van der Waals surface area contributed by atoms with Gasteiger partial charge in [-0.25, -0.2) is 9.07 Å². The van der Waals surface area contributed by atoms with E-state index in [1.807, 2.05) is 13.8 Å². The molecule has 1 aliphatic heterocycles. The minimum absolute atomic E-state index is 0.0841. The van der Waals surface area contributed by atoms with Crippen molar-refractivity contribution in [3.63, 3.8) is 0 Å². The molecule has 0 unspecified atom stereocenters. The zero-order valence-corrected chi connectivity index (χ0v) is 15.5. The summed E-state index contributed by atoms with van der Waals surface area (Å²) in [6.07, 6.45) is 0.685. The molecule has 1 aromatic carbocycles. The molecule has 0 saturated carbocycles. The predicted octanol–water partition coefficient (Wildman–Crippen LogP) is 3.25. The summed E-state index contributed by atoms with van der Waals surface area (Å²) in [5.74, 6) is -0.495. The third kappa shape index (κ3) is 3.44. The second kappa shape index (κ2) is 6.95. The van der Waals surface area contributed by atoms with E-state index in [1.165, 1.54) is 17.0 Å². The highest BCUT2D eigenvalue weighted by Gasteiger charge is 2.35. The molecule has 1 N–H and O–H groups in total. The first kappa shape index (κ1) is 17.6. The van der Waals surface area contributed by atoms with Crippen LogP contribution in [0.2, 0.25) is 0 Å². The van der Waals surface area contributed by atoms with Crippen LogP contribution in [0.15, 0.2) is 28.7 Å². The minimum Gasteiger partial charge on any atom is -0.322 e. The Balaban J connectivity index is 1.88. The van der Waals surface area contributed by atoms with Gasteiger partial charge in [0.05, 0.1) is 17.9 Å². The Bertz CT molecular complexity index is 836. The van der Waals surface area contributed by atoms with Crippen molar-refractivity contribution in [1.82, 2.24) is 9.78 Å². The van der Waals surface area contributed by atoms with Gasteiger partial charge in [-0.3, -0.25) is 14.5 Å². The summed E-state index contributed by atoms with van der Waals surface area (Å²) in [4.78, 5) is 26.7. The average molecular weight is 409 g/mol. The molecule has 2 heterocycles. The van der Waals surface area contributed by atoms with Crippen LogP contribution < -0.4 is 10.2 Å². The van der Waals surface area contributed by atoms with Gasteiger partial charge in [0, 0.05) is 17.0 Å². The number of rotatable bonds is 4. The summed E-state index contributed by atoms with van der Waals surface area (Å²) in [5, 5.41) is 6.93. The number of amides is 2. The number of aryl methyl sites for hydroxylation is 2. The SMILES string of the molecule is CC[C@@H](C(=O)Nc1ccc(Br)cc1F)N1C(=O)CCn2nc(C)cc21. The first-order valence-corrected chi connectivity index (χ1v) is 8.82. The van der Waals surface area contributed by atoms with Gasteiger partial charge in [-0.1, -0.05) is 22.9 Å². The van der Waals surface area contributed by atoms with Crippen molar-refractivity contribution in [3.05, 3.63) is 40.2 Å². The highest BCUT2D eigenvalue weighted by Crippen LogP contribution is 2.27. The van der Waals surface area contributed by atoms with Crippen LogP contribution in [0.4, 0.5) is 15.9 Å². The molecule has 0 aliphatic carbocycles. The molecular weight excluding hydrogens is 391 g/mol. The minimum atomic E-state index is -0.731. The first-order chi connectivity index (χ1) is 11.9. The number of fused-ring (bicyclic) bond motifs is 1. The smallest absolute Gasteiger partial charge is 0.247 e. The highest BCUT2D eigenvalue weighted by molar-refractivity contribution is 9.10. The maximum Gasteiger partial charge on any atom is 0.247 e. The van der Waals surface area contributed by atoms with Crippen molar-refractivity contribution in [2.24, 2.45) is 0 Å². The van der Waals surface area contributed by atoms with E-state index in [9.17, 15) is 14.0 Å². The number of aromatic nitrogens is 2. The van der Waals surface area contributed by atoms with E-state index >= 15 is 0 Å². The molecule has 132 valence electrons. The zero-order valence-electron chi connectivity index (χ0n) is 13.9. The summed E-state index contributed by atoms with van der Waals surface area (Å²) in [6, 6.07) is 5.46. The maximum absolute atomic E-state index is 14.0. The van der Waals surface area contributed by atoms with Gasteiger partial charge in [0.2, 0.25) is 11.8 Å². The fourth-order valence-corrected chi connectivity index (χ4v) is 3.30. The molecule has 0 fully saturated rings. The van der Waals surface area contributed by atoms with Crippen LogP contribution in [-0.4, -0.2) is 27.6 Å². The molecule has 0 bridgehead atoms. The Morgan fingerprint density at radius 1 is 1.44 bits per heavy atom. The third-order valence-electron chi connectivity index (χ3n) is 4.12. The quantitative estimate of drug-likeness (QED) is 0.843. The summed E-state index contributed by atoms with van der Waals surface area (Å²) in [7, 11) is 0. The normalized spacial score (nSPS) is 15.0.